The van der Waals surface area contributed by atoms with E-state index in [0.717, 1.165) is 6.42 Å². The van der Waals surface area contributed by atoms with E-state index in [0.29, 0.717) is 12.6 Å². The number of likely N-dealkylation sites (N-methyl/N-ethyl adjacent to an activating group) is 1. The van der Waals surface area contributed by atoms with Crippen molar-refractivity contribution >= 4 is 0 Å². The normalized spacial score (nSPS) is 36.8. The van der Waals surface area contributed by atoms with E-state index in [1.807, 2.05) is 13.8 Å². The fraction of sp³-hybridized carbons (Fsp3) is 0.562. The van der Waals surface area contributed by atoms with Crippen molar-refractivity contribution in [1.29, 1.82) is 5.26 Å². The SMILES string of the molecule is CCOC1C[C@@H]2c3ccccc3[C@@H]1[C@@](C)(C#N)N2C. The maximum Gasteiger partial charge on any atom is 0.116 e. The first-order chi connectivity index (χ1) is 9.13. The van der Waals surface area contributed by atoms with Crippen molar-refractivity contribution < 1.29 is 4.74 Å². The van der Waals surface area contributed by atoms with E-state index in [4.69, 9.17) is 4.74 Å². The molecule has 1 fully saturated rings. The van der Waals surface area contributed by atoms with Crippen LogP contribution in [-0.2, 0) is 4.74 Å². The van der Waals surface area contributed by atoms with E-state index in [-0.39, 0.29) is 12.0 Å². The van der Waals surface area contributed by atoms with Crippen molar-refractivity contribution in [1.82, 2.24) is 4.90 Å². The Kier molecular flexibility index (Phi) is 2.88. The highest BCUT2D eigenvalue weighted by Gasteiger charge is 2.56. The van der Waals surface area contributed by atoms with Crippen LogP contribution in [0.3, 0.4) is 0 Å². The smallest absolute Gasteiger partial charge is 0.116 e. The summed E-state index contributed by atoms with van der Waals surface area (Å²) in [4.78, 5) is 2.23. The van der Waals surface area contributed by atoms with Gasteiger partial charge in [-0.15, -0.1) is 0 Å². The third kappa shape index (κ3) is 1.57. The molecule has 2 bridgehead atoms. The van der Waals surface area contributed by atoms with Crippen LogP contribution in [-0.4, -0.2) is 30.2 Å². The molecule has 0 spiro atoms. The van der Waals surface area contributed by atoms with Gasteiger partial charge in [0.1, 0.15) is 5.54 Å². The Labute approximate surface area is 114 Å². The minimum absolute atomic E-state index is 0.142. The van der Waals surface area contributed by atoms with Gasteiger partial charge >= 0.3 is 0 Å². The maximum absolute atomic E-state index is 9.71. The van der Waals surface area contributed by atoms with Crippen molar-refractivity contribution in [3.8, 4) is 6.07 Å². The Hall–Kier alpha value is -1.37. The van der Waals surface area contributed by atoms with Crippen LogP contribution in [0.2, 0.25) is 0 Å². The van der Waals surface area contributed by atoms with Crippen LogP contribution in [0.4, 0.5) is 0 Å². The monoisotopic (exact) mass is 256 g/mol. The third-order valence-corrected chi connectivity index (χ3v) is 4.93. The van der Waals surface area contributed by atoms with Crippen LogP contribution in [0.5, 0.6) is 0 Å². The molecule has 3 nitrogen and oxygen atoms in total. The zero-order valence-electron chi connectivity index (χ0n) is 11.8. The van der Waals surface area contributed by atoms with E-state index in [1.54, 1.807) is 0 Å². The lowest BCUT2D eigenvalue weighted by Crippen LogP contribution is -2.61. The molecule has 1 aliphatic carbocycles. The number of nitriles is 1. The number of nitrogens with zero attached hydrogens (tertiary/aromatic N) is 2. The Morgan fingerprint density at radius 1 is 1.42 bits per heavy atom. The van der Waals surface area contributed by atoms with E-state index < -0.39 is 5.54 Å². The lowest BCUT2D eigenvalue weighted by molar-refractivity contribution is -0.0786. The topological polar surface area (TPSA) is 36.3 Å². The molecule has 4 atom stereocenters. The largest absolute Gasteiger partial charge is 0.378 e. The second-order valence-corrected chi connectivity index (χ2v) is 5.72. The number of hydrogen-bond donors (Lipinski definition) is 0. The van der Waals surface area contributed by atoms with Crippen molar-refractivity contribution in [3.63, 3.8) is 0 Å². The molecule has 0 saturated carbocycles. The molecule has 2 aliphatic heterocycles. The lowest BCUT2D eigenvalue weighted by Gasteiger charge is -2.57. The second-order valence-electron chi connectivity index (χ2n) is 5.72. The highest BCUT2D eigenvalue weighted by atomic mass is 16.5. The fourth-order valence-electron chi connectivity index (χ4n) is 3.88. The Morgan fingerprint density at radius 2 is 2.11 bits per heavy atom. The van der Waals surface area contributed by atoms with Crippen LogP contribution in [0, 0.1) is 11.3 Å². The summed E-state index contributed by atoms with van der Waals surface area (Å²) in [6.45, 7) is 4.79. The third-order valence-electron chi connectivity index (χ3n) is 4.93. The molecule has 0 radical (unpaired) electrons. The molecule has 4 rings (SSSR count). The molecular weight excluding hydrogens is 236 g/mol. The molecule has 2 heterocycles. The zero-order chi connectivity index (χ0) is 13.6. The highest BCUT2D eigenvalue weighted by Crippen LogP contribution is 2.55. The van der Waals surface area contributed by atoms with Gasteiger partial charge in [0.15, 0.2) is 0 Å². The average Bonchev–Trinajstić information content (AvgIpc) is 2.44. The Balaban J connectivity index is 2.16. The summed E-state index contributed by atoms with van der Waals surface area (Å²) < 4.78 is 5.94. The zero-order valence-corrected chi connectivity index (χ0v) is 11.8. The number of ether oxygens (including phenoxy) is 1. The first kappa shape index (κ1) is 12.7. The minimum atomic E-state index is -0.475. The van der Waals surface area contributed by atoms with Crippen molar-refractivity contribution in [2.24, 2.45) is 0 Å². The average molecular weight is 256 g/mol. The van der Waals surface area contributed by atoms with Crippen molar-refractivity contribution in [2.45, 2.75) is 43.9 Å². The van der Waals surface area contributed by atoms with E-state index in [2.05, 4.69) is 42.3 Å². The van der Waals surface area contributed by atoms with Crippen LogP contribution < -0.4 is 0 Å². The Morgan fingerprint density at radius 3 is 2.74 bits per heavy atom. The quantitative estimate of drug-likeness (QED) is 0.816. The van der Waals surface area contributed by atoms with Gasteiger partial charge in [-0.05, 0) is 38.4 Å². The number of benzene rings is 1. The van der Waals surface area contributed by atoms with Crippen molar-refractivity contribution in [2.75, 3.05) is 13.7 Å². The molecule has 1 aromatic rings. The van der Waals surface area contributed by atoms with Crippen LogP contribution in [0.25, 0.3) is 0 Å². The van der Waals surface area contributed by atoms with E-state index in [9.17, 15) is 5.26 Å². The molecule has 0 aromatic heterocycles. The summed E-state index contributed by atoms with van der Waals surface area (Å²) >= 11 is 0. The van der Waals surface area contributed by atoms with Gasteiger partial charge in [0.25, 0.3) is 0 Å². The highest BCUT2D eigenvalue weighted by molar-refractivity contribution is 5.45. The number of hydrogen-bond acceptors (Lipinski definition) is 3. The van der Waals surface area contributed by atoms with Gasteiger partial charge in [-0.3, -0.25) is 4.90 Å². The molecule has 0 N–H and O–H groups in total. The van der Waals surface area contributed by atoms with Gasteiger partial charge in [-0.25, -0.2) is 0 Å². The summed E-state index contributed by atoms with van der Waals surface area (Å²) in [6.07, 6.45) is 1.15. The number of rotatable bonds is 2. The summed E-state index contributed by atoms with van der Waals surface area (Å²) in [7, 11) is 2.07. The summed E-state index contributed by atoms with van der Waals surface area (Å²) in [5, 5.41) is 9.71. The summed E-state index contributed by atoms with van der Waals surface area (Å²) in [6, 6.07) is 11.4. The molecule has 0 amide bonds. The van der Waals surface area contributed by atoms with E-state index >= 15 is 0 Å². The minimum Gasteiger partial charge on any atom is -0.378 e. The van der Waals surface area contributed by atoms with Gasteiger partial charge in [-0.2, -0.15) is 5.26 Å². The lowest BCUT2D eigenvalue weighted by atomic mass is 9.63. The molecule has 1 aromatic carbocycles. The number of fused-ring (bicyclic) bond motifs is 2. The van der Waals surface area contributed by atoms with Gasteiger partial charge in [0.05, 0.1) is 12.2 Å². The first-order valence-electron chi connectivity index (χ1n) is 6.98. The maximum atomic E-state index is 9.71. The predicted molar refractivity (Wildman–Crippen MR) is 73.7 cm³/mol. The summed E-state index contributed by atoms with van der Waals surface area (Å²) in [5.41, 5.74) is 2.20. The summed E-state index contributed by atoms with van der Waals surface area (Å²) in [5.74, 6) is 0.142. The van der Waals surface area contributed by atoms with Crippen LogP contribution >= 0.6 is 0 Å². The first-order valence-corrected chi connectivity index (χ1v) is 6.98. The number of piperidine rings is 1. The Bertz CT molecular complexity index is 536. The molecule has 1 unspecified atom stereocenters. The predicted octanol–water partition coefficient (Wildman–Crippen LogP) is 2.85. The van der Waals surface area contributed by atoms with Crippen LogP contribution in [0.15, 0.2) is 24.3 Å². The molecule has 19 heavy (non-hydrogen) atoms. The van der Waals surface area contributed by atoms with Gasteiger partial charge < -0.3 is 4.74 Å². The van der Waals surface area contributed by atoms with Crippen molar-refractivity contribution in [3.05, 3.63) is 35.4 Å². The molecule has 100 valence electrons. The van der Waals surface area contributed by atoms with Crippen LogP contribution in [0.1, 0.15) is 43.4 Å². The molecule has 3 aliphatic rings. The second kappa shape index (κ2) is 4.33. The van der Waals surface area contributed by atoms with Gasteiger partial charge in [0.2, 0.25) is 0 Å². The molecule has 3 heteroatoms. The van der Waals surface area contributed by atoms with Gasteiger partial charge in [-0.1, -0.05) is 24.3 Å². The fourth-order valence-corrected chi connectivity index (χ4v) is 3.88. The molecule has 1 saturated heterocycles. The van der Waals surface area contributed by atoms with E-state index in [1.165, 1.54) is 11.1 Å². The standard InChI is InChI=1S/C16H20N2O/c1-4-19-14-9-13-11-7-5-6-8-12(11)15(14)16(2,10-17)18(13)3/h5-8,13-15H,4,9H2,1-3H3/t13-,14?,15+,16-/m1/s1. The van der Waals surface area contributed by atoms with Gasteiger partial charge in [0, 0.05) is 18.6 Å². The molecular formula is C16H20N2O.